The van der Waals surface area contributed by atoms with Gasteiger partial charge in [-0.25, -0.2) is 0 Å². The SMILES string of the molecule is CCOc1ccc(/C(O)=C2/C(=O)C(=O)N(Cc3cccs3)C2c2cccc(OC)c2)cc1C(C)C. The highest BCUT2D eigenvalue weighted by Gasteiger charge is 2.46. The summed E-state index contributed by atoms with van der Waals surface area (Å²) in [5, 5.41) is 13.4. The van der Waals surface area contributed by atoms with E-state index in [1.807, 2.05) is 56.5 Å². The molecule has 1 aliphatic heterocycles. The number of methoxy groups -OCH3 is 1. The Kier molecular flexibility index (Phi) is 7.26. The van der Waals surface area contributed by atoms with Gasteiger partial charge in [-0.2, -0.15) is 0 Å². The van der Waals surface area contributed by atoms with Crippen LogP contribution in [-0.4, -0.2) is 35.4 Å². The molecule has 2 aromatic carbocycles. The number of nitrogens with zero attached hydrogens (tertiary/aromatic N) is 1. The highest BCUT2D eigenvalue weighted by atomic mass is 32.1. The summed E-state index contributed by atoms with van der Waals surface area (Å²) in [6.07, 6.45) is 0. The maximum atomic E-state index is 13.3. The number of carbonyl (C=O) groups excluding carboxylic acids is 2. The Balaban J connectivity index is 1.88. The van der Waals surface area contributed by atoms with Crippen molar-refractivity contribution in [3.63, 3.8) is 0 Å². The molecule has 6 nitrogen and oxygen atoms in total. The van der Waals surface area contributed by atoms with Crippen LogP contribution in [0.2, 0.25) is 0 Å². The number of Topliss-reactive ketones (excluding diaryl/α,β-unsaturated/α-hetero) is 1. The van der Waals surface area contributed by atoms with Gasteiger partial charge in [-0.15, -0.1) is 11.3 Å². The first-order valence-corrected chi connectivity index (χ1v) is 12.5. The molecule has 1 unspecified atom stereocenters. The molecule has 1 fully saturated rings. The summed E-state index contributed by atoms with van der Waals surface area (Å²) in [5.74, 6) is -0.0573. The van der Waals surface area contributed by atoms with Crippen molar-refractivity contribution < 1.29 is 24.2 Å². The van der Waals surface area contributed by atoms with Crippen molar-refractivity contribution >= 4 is 28.8 Å². The number of ketones is 1. The summed E-state index contributed by atoms with van der Waals surface area (Å²) in [4.78, 5) is 29.0. The fraction of sp³-hybridized carbons (Fsp3) is 0.286. The van der Waals surface area contributed by atoms with E-state index in [4.69, 9.17) is 9.47 Å². The Morgan fingerprint density at radius 3 is 2.57 bits per heavy atom. The van der Waals surface area contributed by atoms with Gasteiger partial charge in [0.05, 0.1) is 31.9 Å². The lowest BCUT2D eigenvalue weighted by Crippen LogP contribution is -2.28. The summed E-state index contributed by atoms with van der Waals surface area (Å²) < 4.78 is 11.1. The zero-order valence-corrected chi connectivity index (χ0v) is 21.1. The van der Waals surface area contributed by atoms with E-state index in [1.54, 1.807) is 31.4 Å². The fourth-order valence-electron chi connectivity index (χ4n) is 4.36. The standard InChI is InChI=1S/C28H29NO5S/c1-5-34-23-12-11-19(15-22(23)17(2)3)26(30)24-25(18-8-6-9-20(14-18)33-4)29(28(32)27(24)31)16-21-10-7-13-35-21/h6-15,17,25,30H,5,16H2,1-4H3/b26-24-. The quantitative estimate of drug-likeness (QED) is 0.241. The summed E-state index contributed by atoms with van der Waals surface area (Å²) in [5.41, 5.74) is 2.15. The molecular weight excluding hydrogens is 462 g/mol. The highest BCUT2D eigenvalue weighted by Crippen LogP contribution is 2.42. The van der Waals surface area contributed by atoms with Crippen molar-refractivity contribution in [1.29, 1.82) is 0 Å². The molecule has 2 heterocycles. The van der Waals surface area contributed by atoms with Gasteiger partial charge in [-0.05, 0) is 65.7 Å². The lowest BCUT2D eigenvalue weighted by Gasteiger charge is -2.25. The van der Waals surface area contributed by atoms with E-state index >= 15 is 0 Å². The zero-order valence-electron chi connectivity index (χ0n) is 20.3. The predicted octanol–water partition coefficient (Wildman–Crippen LogP) is 5.90. The molecule has 35 heavy (non-hydrogen) atoms. The Labute approximate surface area is 209 Å². The van der Waals surface area contributed by atoms with Crippen molar-refractivity contribution in [1.82, 2.24) is 4.90 Å². The third-order valence-corrected chi connectivity index (χ3v) is 6.92. The smallest absolute Gasteiger partial charge is 0.295 e. The van der Waals surface area contributed by atoms with Gasteiger partial charge in [0.1, 0.15) is 17.3 Å². The van der Waals surface area contributed by atoms with Crippen LogP contribution in [0.4, 0.5) is 0 Å². The highest BCUT2D eigenvalue weighted by molar-refractivity contribution is 7.09. The molecule has 1 atom stereocenters. The molecule has 1 amide bonds. The molecule has 1 aliphatic rings. The van der Waals surface area contributed by atoms with Crippen LogP contribution in [0.1, 0.15) is 54.3 Å². The number of benzene rings is 2. The zero-order chi connectivity index (χ0) is 25.1. The molecule has 0 saturated carbocycles. The second-order valence-electron chi connectivity index (χ2n) is 8.62. The second kappa shape index (κ2) is 10.4. The monoisotopic (exact) mass is 491 g/mol. The van der Waals surface area contributed by atoms with E-state index in [0.29, 0.717) is 23.5 Å². The van der Waals surface area contributed by atoms with Gasteiger partial charge in [0.25, 0.3) is 11.7 Å². The number of amides is 1. The Hall–Kier alpha value is -3.58. The minimum Gasteiger partial charge on any atom is -0.507 e. The number of hydrogen-bond acceptors (Lipinski definition) is 6. The second-order valence-corrected chi connectivity index (χ2v) is 9.66. The largest absolute Gasteiger partial charge is 0.507 e. The normalized spacial score (nSPS) is 17.3. The summed E-state index contributed by atoms with van der Waals surface area (Å²) >= 11 is 1.51. The topological polar surface area (TPSA) is 76.1 Å². The van der Waals surface area contributed by atoms with Crippen molar-refractivity contribution in [2.24, 2.45) is 0 Å². The molecule has 1 aromatic heterocycles. The molecule has 0 radical (unpaired) electrons. The van der Waals surface area contributed by atoms with E-state index in [-0.39, 0.29) is 23.8 Å². The van der Waals surface area contributed by atoms with Crippen molar-refractivity contribution in [2.45, 2.75) is 39.3 Å². The van der Waals surface area contributed by atoms with Crippen molar-refractivity contribution in [3.8, 4) is 11.5 Å². The van der Waals surface area contributed by atoms with Crippen molar-refractivity contribution in [2.75, 3.05) is 13.7 Å². The molecule has 0 spiro atoms. The van der Waals surface area contributed by atoms with Crippen LogP contribution in [0.5, 0.6) is 11.5 Å². The average Bonchev–Trinajstić information content (AvgIpc) is 3.46. The molecule has 4 rings (SSSR count). The number of aliphatic hydroxyl groups excluding tert-OH is 1. The first-order chi connectivity index (χ1) is 16.8. The van der Waals surface area contributed by atoms with E-state index < -0.39 is 17.7 Å². The summed E-state index contributed by atoms with van der Waals surface area (Å²) in [6, 6.07) is 15.7. The molecule has 0 aliphatic carbocycles. The van der Waals surface area contributed by atoms with Crippen LogP contribution in [0, 0.1) is 0 Å². The van der Waals surface area contributed by atoms with Crippen molar-refractivity contribution in [3.05, 3.63) is 87.1 Å². The van der Waals surface area contributed by atoms with E-state index in [0.717, 1.165) is 16.2 Å². The average molecular weight is 492 g/mol. The number of ether oxygens (including phenoxy) is 2. The maximum Gasteiger partial charge on any atom is 0.295 e. The Bertz CT molecular complexity index is 1260. The molecule has 1 N–H and O–H groups in total. The summed E-state index contributed by atoms with van der Waals surface area (Å²) in [6.45, 7) is 6.78. The number of likely N-dealkylation sites (tertiary alicyclic amines) is 1. The minimum absolute atomic E-state index is 0.0682. The first-order valence-electron chi connectivity index (χ1n) is 11.6. The third-order valence-electron chi connectivity index (χ3n) is 6.06. The number of hydrogen-bond donors (Lipinski definition) is 1. The van der Waals surface area contributed by atoms with Gasteiger partial charge in [-0.1, -0.05) is 32.0 Å². The van der Waals surface area contributed by atoms with Crippen LogP contribution in [0.25, 0.3) is 5.76 Å². The van der Waals surface area contributed by atoms with E-state index in [9.17, 15) is 14.7 Å². The number of thiophene rings is 1. The minimum atomic E-state index is -0.749. The van der Waals surface area contributed by atoms with Crippen LogP contribution < -0.4 is 9.47 Å². The molecule has 182 valence electrons. The van der Waals surface area contributed by atoms with Gasteiger partial charge in [0.2, 0.25) is 0 Å². The van der Waals surface area contributed by atoms with E-state index in [2.05, 4.69) is 0 Å². The van der Waals surface area contributed by atoms with Gasteiger partial charge < -0.3 is 19.5 Å². The van der Waals surface area contributed by atoms with Crippen LogP contribution in [-0.2, 0) is 16.1 Å². The molecular formula is C28H29NO5S. The first kappa shape index (κ1) is 24.5. The van der Waals surface area contributed by atoms with Crippen LogP contribution in [0.3, 0.4) is 0 Å². The van der Waals surface area contributed by atoms with Gasteiger partial charge in [-0.3, -0.25) is 9.59 Å². The molecule has 3 aromatic rings. The summed E-state index contributed by atoms with van der Waals surface area (Å²) in [7, 11) is 1.56. The van der Waals surface area contributed by atoms with Gasteiger partial charge in [0, 0.05) is 10.4 Å². The van der Waals surface area contributed by atoms with E-state index in [1.165, 1.54) is 16.2 Å². The van der Waals surface area contributed by atoms with Crippen LogP contribution >= 0.6 is 11.3 Å². The predicted molar refractivity (Wildman–Crippen MR) is 137 cm³/mol. The fourth-order valence-corrected chi connectivity index (χ4v) is 5.06. The molecule has 7 heteroatoms. The third kappa shape index (κ3) is 4.82. The van der Waals surface area contributed by atoms with Gasteiger partial charge in [0.15, 0.2) is 0 Å². The van der Waals surface area contributed by atoms with Crippen LogP contribution in [0.15, 0.2) is 65.6 Å². The van der Waals surface area contributed by atoms with Gasteiger partial charge >= 0.3 is 0 Å². The Morgan fingerprint density at radius 1 is 1.11 bits per heavy atom. The lowest BCUT2D eigenvalue weighted by atomic mass is 9.93. The number of rotatable bonds is 8. The molecule has 0 bridgehead atoms. The number of carbonyl (C=O) groups is 2. The lowest BCUT2D eigenvalue weighted by molar-refractivity contribution is -0.140. The Morgan fingerprint density at radius 2 is 1.91 bits per heavy atom. The maximum absolute atomic E-state index is 13.3. The molecule has 1 saturated heterocycles. The number of aliphatic hydroxyl groups is 1.